The molecule has 0 saturated carbocycles. The number of hydrogen-bond donors (Lipinski definition) is 0. The van der Waals surface area contributed by atoms with Gasteiger partial charge in [0.1, 0.15) is 18.0 Å². The number of likely N-dealkylation sites (tertiary alicyclic amines) is 1. The summed E-state index contributed by atoms with van der Waals surface area (Å²) >= 11 is 0. The van der Waals surface area contributed by atoms with Crippen LogP contribution < -0.4 is 0 Å². The van der Waals surface area contributed by atoms with E-state index in [1.54, 1.807) is 11.0 Å². The number of halogens is 1. The van der Waals surface area contributed by atoms with Gasteiger partial charge in [0.2, 0.25) is 5.91 Å². The molecule has 1 unspecified atom stereocenters. The number of hydrogen-bond acceptors (Lipinski definition) is 5. The zero-order valence-corrected chi connectivity index (χ0v) is 19.0. The van der Waals surface area contributed by atoms with E-state index in [9.17, 15) is 14.0 Å². The van der Waals surface area contributed by atoms with Gasteiger partial charge in [0.15, 0.2) is 0 Å². The molecular weight excluding hydrogens is 385 g/mol. The number of carbonyl (C=O) groups excluding carboxylic acids is 2. The van der Waals surface area contributed by atoms with Crippen LogP contribution in [0.25, 0.3) is 0 Å². The number of ether oxygens (including phenoxy) is 1. The van der Waals surface area contributed by atoms with Crippen molar-refractivity contribution in [3.63, 3.8) is 0 Å². The average Bonchev–Trinajstić information content (AvgIpc) is 2.63. The highest BCUT2D eigenvalue weighted by Gasteiger charge is 2.31. The molecule has 1 aliphatic heterocycles. The van der Waals surface area contributed by atoms with E-state index in [1.807, 2.05) is 45.8 Å². The smallest absolute Gasteiger partial charge is 0.326 e. The Morgan fingerprint density at radius 3 is 2.60 bits per heavy atom. The quantitative estimate of drug-likeness (QED) is 0.604. The third-order valence-corrected chi connectivity index (χ3v) is 5.02. The summed E-state index contributed by atoms with van der Waals surface area (Å²) in [6, 6.07) is 6.59. The number of likely N-dealkylation sites (N-methyl/N-ethyl adjacent to an activating group) is 1. The van der Waals surface area contributed by atoms with Crippen molar-refractivity contribution in [3.8, 4) is 0 Å². The SMILES string of the molecule is CN(C)CCN(CC(=O)OC(C)(C)C)C(=O)C1CCCN(Cc2cccc(F)c2)C1. The molecule has 6 nitrogen and oxygen atoms in total. The molecule has 0 aromatic heterocycles. The molecule has 1 aromatic carbocycles. The molecule has 1 heterocycles. The first-order valence-electron chi connectivity index (χ1n) is 10.7. The molecule has 1 atom stereocenters. The number of piperidine rings is 1. The number of benzene rings is 1. The molecule has 0 radical (unpaired) electrons. The fourth-order valence-corrected chi connectivity index (χ4v) is 3.67. The average molecular weight is 422 g/mol. The summed E-state index contributed by atoms with van der Waals surface area (Å²) in [6.07, 6.45) is 1.70. The Morgan fingerprint density at radius 1 is 1.23 bits per heavy atom. The minimum absolute atomic E-state index is 0.00773. The molecule has 1 fully saturated rings. The van der Waals surface area contributed by atoms with E-state index in [1.165, 1.54) is 12.1 Å². The summed E-state index contributed by atoms with van der Waals surface area (Å²) in [6.45, 7) is 8.69. The van der Waals surface area contributed by atoms with Crippen molar-refractivity contribution in [2.75, 3.05) is 46.8 Å². The van der Waals surface area contributed by atoms with Crippen LogP contribution in [0, 0.1) is 11.7 Å². The number of rotatable bonds is 8. The molecule has 168 valence electrons. The summed E-state index contributed by atoms with van der Waals surface area (Å²) in [5.74, 6) is -0.810. The minimum atomic E-state index is -0.583. The van der Waals surface area contributed by atoms with Crippen molar-refractivity contribution in [3.05, 3.63) is 35.6 Å². The van der Waals surface area contributed by atoms with Gasteiger partial charge < -0.3 is 14.5 Å². The normalized spacial score (nSPS) is 17.8. The molecule has 0 aliphatic carbocycles. The molecule has 30 heavy (non-hydrogen) atoms. The molecule has 0 spiro atoms. The van der Waals surface area contributed by atoms with E-state index < -0.39 is 5.60 Å². The van der Waals surface area contributed by atoms with Crippen LogP contribution in [0.15, 0.2) is 24.3 Å². The first-order chi connectivity index (χ1) is 14.0. The molecule has 1 amide bonds. The number of esters is 1. The summed E-state index contributed by atoms with van der Waals surface area (Å²) in [7, 11) is 3.88. The lowest BCUT2D eigenvalue weighted by atomic mass is 9.96. The highest BCUT2D eigenvalue weighted by atomic mass is 19.1. The van der Waals surface area contributed by atoms with Crippen LogP contribution in [0.2, 0.25) is 0 Å². The van der Waals surface area contributed by atoms with E-state index in [4.69, 9.17) is 4.74 Å². The van der Waals surface area contributed by atoms with Gasteiger partial charge in [0.05, 0.1) is 5.92 Å². The van der Waals surface area contributed by atoms with Crippen molar-refractivity contribution in [1.29, 1.82) is 0 Å². The minimum Gasteiger partial charge on any atom is -0.459 e. The van der Waals surface area contributed by atoms with Gasteiger partial charge in [0.25, 0.3) is 0 Å². The lowest BCUT2D eigenvalue weighted by Crippen LogP contribution is -2.48. The first-order valence-corrected chi connectivity index (χ1v) is 10.7. The van der Waals surface area contributed by atoms with Crippen molar-refractivity contribution in [2.45, 2.75) is 45.8 Å². The van der Waals surface area contributed by atoms with Crippen molar-refractivity contribution < 1.29 is 18.7 Å². The first kappa shape index (κ1) is 24.3. The molecular formula is C23H36FN3O3. The Balaban J connectivity index is 2.02. The standard InChI is InChI=1S/C23H36FN3O3/c1-23(2,3)30-21(28)17-27(13-12-25(4)5)22(29)19-9-7-11-26(16-19)15-18-8-6-10-20(24)14-18/h6,8,10,14,19H,7,9,11-13,15-17H2,1-5H3. The van der Waals surface area contributed by atoms with Gasteiger partial charge in [0, 0.05) is 26.2 Å². The maximum absolute atomic E-state index is 13.5. The molecule has 1 aliphatic rings. The second-order valence-electron chi connectivity index (χ2n) is 9.35. The van der Waals surface area contributed by atoms with E-state index in [0.717, 1.165) is 24.9 Å². The molecule has 0 bridgehead atoms. The topological polar surface area (TPSA) is 53.1 Å². The highest BCUT2D eigenvalue weighted by molar-refractivity contribution is 5.84. The summed E-state index contributed by atoms with van der Waals surface area (Å²) < 4.78 is 18.9. The molecule has 1 saturated heterocycles. The van der Waals surface area contributed by atoms with E-state index in [-0.39, 0.29) is 30.2 Å². The zero-order chi connectivity index (χ0) is 22.3. The van der Waals surface area contributed by atoms with Crippen molar-refractivity contribution in [2.24, 2.45) is 5.92 Å². The monoisotopic (exact) mass is 421 g/mol. The third-order valence-electron chi connectivity index (χ3n) is 5.02. The number of nitrogens with zero attached hydrogens (tertiary/aromatic N) is 3. The molecule has 0 N–H and O–H groups in total. The van der Waals surface area contributed by atoms with Crippen LogP contribution in [0.5, 0.6) is 0 Å². The van der Waals surface area contributed by atoms with Gasteiger partial charge in [-0.1, -0.05) is 12.1 Å². The summed E-state index contributed by atoms with van der Waals surface area (Å²) in [5, 5.41) is 0. The van der Waals surface area contributed by atoms with Gasteiger partial charge in [-0.2, -0.15) is 0 Å². The van der Waals surface area contributed by atoms with Crippen LogP contribution in [-0.2, 0) is 20.9 Å². The maximum atomic E-state index is 13.5. The Morgan fingerprint density at radius 2 is 1.97 bits per heavy atom. The van der Waals surface area contributed by atoms with Gasteiger partial charge in [-0.3, -0.25) is 14.5 Å². The largest absolute Gasteiger partial charge is 0.459 e. The molecule has 7 heteroatoms. The summed E-state index contributed by atoms with van der Waals surface area (Å²) in [4.78, 5) is 31.5. The number of carbonyl (C=O) groups is 2. The lowest BCUT2D eigenvalue weighted by Gasteiger charge is -2.35. The fourth-order valence-electron chi connectivity index (χ4n) is 3.67. The van der Waals surface area contributed by atoms with Gasteiger partial charge >= 0.3 is 5.97 Å². The Labute approximate surface area is 180 Å². The Bertz CT molecular complexity index is 718. The van der Waals surface area contributed by atoms with E-state index in [2.05, 4.69) is 4.90 Å². The van der Waals surface area contributed by atoms with Gasteiger partial charge in [-0.15, -0.1) is 0 Å². The molecule has 1 aromatic rings. The fraction of sp³-hybridized carbons (Fsp3) is 0.652. The summed E-state index contributed by atoms with van der Waals surface area (Å²) in [5.41, 5.74) is 0.321. The second kappa shape index (κ2) is 10.9. The van der Waals surface area contributed by atoms with Gasteiger partial charge in [-0.25, -0.2) is 4.39 Å². The third kappa shape index (κ3) is 8.40. The van der Waals surface area contributed by atoms with Crippen LogP contribution in [-0.4, -0.2) is 79.0 Å². The van der Waals surface area contributed by atoms with Crippen molar-refractivity contribution >= 4 is 11.9 Å². The maximum Gasteiger partial charge on any atom is 0.326 e. The Hall–Kier alpha value is -1.99. The predicted molar refractivity (Wildman–Crippen MR) is 115 cm³/mol. The second-order valence-corrected chi connectivity index (χ2v) is 9.35. The zero-order valence-electron chi connectivity index (χ0n) is 19.0. The van der Waals surface area contributed by atoms with E-state index in [0.29, 0.717) is 26.2 Å². The lowest BCUT2D eigenvalue weighted by molar-refractivity contribution is -0.160. The van der Waals surface area contributed by atoms with E-state index >= 15 is 0 Å². The predicted octanol–water partition coefficient (Wildman–Crippen LogP) is 2.77. The number of amides is 1. The van der Waals surface area contributed by atoms with Crippen LogP contribution >= 0.6 is 0 Å². The molecule has 2 rings (SSSR count). The highest BCUT2D eigenvalue weighted by Crippen LogP contribution is 2.21. The van der Waals surface area contributed by atoms with Crippen LogP contribution in [0.3, 0.4) is 0 Å². The van der Waals surface area contributed by atoms with Crippen LogP contribution in [0.4, 0.5) is 4.39 Å². The van der Waals surface area contributed by atoms with Gasteiger partial charge in [-0.05, 0) is 71.9 Å². The van der Waals surface area contributed by atoms with Crippen LogP contribution in [0.1, 0.15) is 39.2 Å². The van der Waals surface area contributed by atoms with Crippen molar-refractivity contribution in [1.82, 2.24) is 14.7 Å². The Kier molecular flexibility index (Phi) is 8.79.